The first-order chi connectivity index (χ1) is 35.5. The van der Waals surface area contributed by atoms with Gasteiger partial charge in [-0.1, -0.05) is 181 Å². The third-order valence-corrected chi connectivity index (χ3v) is 14.6. The summed E-state index contributed by atoms with van der Waals surface area (Å²) in [4.78, 5) is 9.77. The van der Waals surface area contributed by atoms with E-state index < -0.39 is 0 Å². The van der Waals surface area contributed by atoms with Crippen molar-refractivity contribution >= 4 is 82.5 Å². The van der Waals surface area contributed by atoms with Crippen molar-refractivity contribution in [3.05, 3.63) is 236 Å². The number of pyridine rings is 1. The molecule has 0 N–H and O–H groups in total. The van der Waals surface area contributed by atoms with Crippen LogP contribution < -0.4 is 14.5 Å². The molecular weight excluding hydrogens is 1080 g/mol. The SMILES string of the molecule is CC(C)(C)c1ccc2c(c1)c1cc(C(C)(C)C)ccc1c1cccc3c4ccc(Oc5[c-]c(N6[CH-]N(c7c(-c8ccccc8)cccc7-c7ccccc7)c7ccccc76)ccc5)[c-]c4n(c4ncccc24)c13.[Pt]. The predicted molar refractivity (Wildman–Crippen MR) is 305 cm³/mol. The second kappa shape index (κ2) is 18.2. The quantitative estimate of drug-likeness (QED) is 0.155. The van der Waals surface area contributed by atoms with Gasteiger partial charge in [0.1, 0.15) is 5.65 Å². The zero-order valence-electron chi connectivity index (χ0n) is 42.2. The molecule has 0 bridgehead atoms. The van der Waals surface area contributed by atoms with E-state index in [1.165, 1.54) is 27.3 Å². The minimum atomic E-state index is -0.0459. The normalized spacial score (nSPS) is 12.8. The molecule has 0 amide bonds. The van der Waals surface area contributed by atoms with Gasteiger partial charge >= 0.3 is 0 Å². The molecular formula is C68H53N4OPt-3. The number of nitrogens with zero attached hydrogens (tertiary/aromatic N) is 4. The van der Waals surface area contributed by atoms with Crippen molar-refractivity contribution in [1.82, 2.24) is 9.38 Å². The maximum Gasteiger partial charge on any atom is 0.143 e. The molecule has 6 heteroatoms. The summed E-state index contributed by atoms with van der Waals surface area (Å²) >= 11 is 0. The van der Waals surface area contributed by atoms with Gasteiger partial charge in [0.15, 0.2) is 0 Å². The zero-order chi connectivity index (χ0) is 49.6. The molecule has 12 aromatic rings. The number of anilines is 4. The van der Waals surface area contributed by atoms with Crippen molar-refractivity contribution in [1.29, 1.82) is 0 Å². The molecule has 3 aromatic heterocycles. The first-order valence-electron chi connectivity index (χ1n) is 25.2. The number of hydrogen-bond donors (Lipinski definition) is 0. The van der Waals surface area contributed by atoms with Crippen LogP contribution in [0.1, 0.15) is 52.7 Å². The first kappa shape index (κ1) is 47.0. The van der Waals surface area contributed by atoms with Crippen LogP contribution in [0.15, 0.2) is 206 Å². The summed E-state index contributed by atoms with van der Waals surface area (Å²) in [5.41, 5.74) is 14.0. The molecule has 74 heavy (non-hydrogen) atoms. The van der Waals surface area contributed by atoms with Crippen molar-refractivity contribution in [2.75, 3.05) is 9.80 Å². The fourth-order valence-corrected chi connectivity index (χ4v) is 10.9. The molecule has 9 aromatic carbocycles. The van der Waals surface area contributed by atoms with Gasteiger partial charge in [0, 0.05) is 83.2 Å². The molecule has 0 fully saturated rings. The molecule has 0 saturated heterocycles. The van der Waals surface area contributed by atoms with Crippen molar-refractivity contribution in [2.45, 2.75) is 52.4 Å². The standard InChI is InChI=1S/C68H53N4O.Pt/c1-67(2,3)46-32-35-53-56-27-17-28-57-55-37-34-50(42-63(55)72(65(56)57)66-58(29-18-38-69-66)54-36-33-47(68(4,5)6)40-60(54)59(53)39-46)73-49-24-15-23-48(41-49)70-43-71(62-31-14-13-30-61(62)70)64-51(44-19-9-7-10-20-44)25-16-26-52(64)45-21-11-8-12-22-45;/h7-40,43H,1-6H3;/q-3;. The summed E-state index contributed by atoms with van der Waals surface area (Å²) < 4.78 is 9.17. The van der Waals surface area contributed by atoms with Gasteiger partial charge in [0.05, 0.1) is 0 Å². The number of aromatic nitrogens is 2. The average Bonchev–Trinajstić information content (AvgIpc) is 3.97. The second-order valence-corrected chi connectivity index (χ2v) is 21.3. The monoisotopic (exact) mass is 1140 g/mol. The van der Waals surface area contributed by atoms with Gasteiger partial charge in [-0.15, -0.1) is 48.1 Å². The molecule has 5 nitrogen and oxygen atoms in total. The molecule has 4 heterocycles. The summed E-state index contributed by atoms with van der Waals surface area (Å²) in [5.74, 6) is 1.17. The van der Waals surface area contributed by atoms with Crippen LogP contribution in [0, 0.1) is 18.8 Å². The molecule has 0 spiro atoms. The van der Waals surface area contributed by atoms with Crippen LogP contribution in [-0.2, 0) is 31.9 Å². The number of ether oxygens (including phenoxy) is 1. The van der Waals surface area contributed by atoms with E-state index in [-0.39, 0.29) is 31.9 Å². The Balaban J connectivity index is 0.00000556. The van der Waals surface area contributed by atoms with Crippen LogP contribution in [0.3, 0.4) is 0 Å². The minimum absolute atomic E-state index is 0. The van der Waals surface area contributed by atoms with Gasteiger partial charge in [0.2, 0.25) is 0 Å². The average molecular weight is 1140 g/mol. The predicted octanol–water partition coefficient (Wildman–Crippen LogP) is 18.4. The summed E-state index contributed by atoms with van der Waals surface area (Å²) in [6.45, 7) is 15.9. The Hall–Kier alpha value is -7.98. The molecule has 0 unspecified atom stereocenters. The number of benzene rings is 9. The van der Waals surface area contributed by atoms with Crippen molar-refractivity contribution in [3.63, 3.8) is 0 Å². The third kappa shape index (κ3) is 7.93. The van der Waals surface area contributed by atoms with Crippen molar-refractivity contribution in [3.8, 4) is 33.8 Å². The van der Waals surface area contributed by atoms with Crippen molar-refractivity contribution < 1.29 is 25.8 Å². The fraction of sp³-hybridized carbons (Fsp3) is 0.118. The number of rotatable bonds is 6. The van der Waals surface area contributed by atoms with E-state index in [1.54, 1.807) is 0 Å². The van der Waals surface area contributed by atoms with Gasteiger partial charge in [-0.25, -0.2) is 4.98 Å². The Morgan fingerprint density at radius 3 is 1.61 bits per heavy atom. The van der Waals surface area contributed by atoms with Gasteiger partial charge in [-0.05, 0) is 96.4 Å². The number of hydrogen-bond acceptors (Lipinski definition) is 4. The van der Waals surface area contributed by atoms with Gasteiger partial charge in [-0.2, -0.15) is 12.1 Å². The largest absolute Gasteiger partial charge is 0.509 e. The Morgan fingerprint density at radius 1 is 0.446 bits per heavy atom. The van der Waals surface area contributed by atoms with Crippen LogP contribution in [0.25, 0.3) is 82.0 Å². The summed E-state index contributed by atoms with van der Waals surface area (Å²) in [5, 5.41) is 9.15. The summed E-state index contributed by atoms with van der Waals surface area (Å²) in [6, 6.07) is 79.2. The fourth-order valence-electron chi connectivity index (χ4n) is 10.9. The Bertz CT molecular complexity index is 4130. The second-order valence-electron chi connectivity index (χ2n) is 21.3. The van der Waals surface area contributed by atoms with E-state index in [9.17, 15) is 0 Å². The Morgan fingerprint density at radius 2 is 0.973 bits per heavy atom. The van der Waals surface area contributed by atoms with E-state index in [2.05, 4.69) is 257 Å². The molecule has 1 aliphatic rings. The van der Waals surface area contributed by atoms with Crippen LogP contribution in [0.5, 0.6) is 11.5 Å². The van der Waals surface area contributed by atoms with E-state index in [4.69, 9.17) is 9.72 Å². The smallest absolute Gasteiger partial charge is 0.143 e. The molecule has 0 atom stereocenters. The topological polar surface area (TPSA) is 33.0 Å². The van der Waals surface area contributed by atoms with Crippen LogP contribution in [0.4, 0.5) is 22.7 Å². The van der Waals surface area contributed by atoms with E-state index in [1.807, 2.05) is 24.4 Å². The molecule has 0 radical (unpaired) electrons. The first-order valence-corrected chi connectivity index (χ1v) is 25.2. The van der Waals surface area contributed by atoms with Gasteiger partial charge < -0.3 is 18.9 Å². The summed E-state index contributed by atoms with van der Waals surface area (Å²) in [7, 11) is 0. The molecule has 364 valence electrons. The molecule has 13 rings (SSSR count). The molecule has 0 saturated carbocycles. The Labute approximate surface area is 447 Å². The van der Waals surface area contributed by atoms with E-state index >= 15 is 0 Å². The summed E-state index contributed by atoms with van der Waals surface area (Å²) in [6.07, 6.45) is 1.91. The maximum absolute atomic E-state index is 6.86. The zero-order valence-corrected chi connectivity index (χ0v) is 44.5. The Kier molecular flexibility index (Phi) is 11.6. The number of para-hydroxylation sites is 4. The maximum atomic E-state index is 6.86. The van der Waals surface area contributed by atoms with Gasteiger partial charge in [-0.3, -0.25) is 0 Å². The van der Waals surface area contributed by atoms with E-state index in [0.29, 0.717) is 11.5 Å². The van der Waals surface area contributed by atoms with E-state index in [0.717, 1.165) is 88.6 Å². The third-order valence-electron chi connectivity index (χ3n) is 14.6. The number of fused-ring (bicyclic) bond motifs is 11. The van der Waals surface area contributed by atoms with Crippen LogP contribution >= 0.6 is 0 Å². The minimum Gasteiger partial charge on any atom is -0.509 e. The van der Waals surface area contributed by atoms with Crippen LogP contribution in [-0.4, -0.2) is 9.38 Å². The van der Waals surface area contributed by atoms with Crippen LogP contribution in [0.2, 0.25) is 0 Å². The van der Waals surface area contributed by atoms with Gasteiger partial charge in [0.25, 0.3) is 0 Å². The molecule has 1 aliphatic heterocycles. The van der Waals surface area contributed by atoms with Crippen molar-refractivity contribution in [2.24, 2.45) is 0 Å². The molecule has 0 aliphatic carbocycles.